The van der Waals surface area contributed by atoms with Crippen LogP contribution in [0.2, 0.25) is 0 Å². The fraction of sp³-hybridized carbons (Fsp3) is 0.462. The number of nitrogens with zero attached hydrogens (tertiary/aromatic N) is 2. The number of halogens is 1. The molecule has 1 aliphatic carbocycles. The van der Waals surface area contributed by atoms with E-state index in [2.05, 4.69) is 4.99 Å². The molecule has 2 N–H and O–H groups in total. The Balaban J connectivity index is 2.01. The van der Waals surface area contributed by atoms with Crippen LogP contribution < -0.4 is 10.6 Å². The first kappa shape index (κ1) is 10.6. The van der Waals surface area contributed by atoms with Gasteiger partial charge < -0.3 is 10.6 Å². The summed E-state index contributed by atoms with van der Waals surface area (Å²) in [6.07, 6.45) is 4.59. The molecule has 17 heavy (non-hydrogen) atoms. The molecule has 0 atom stereocenters. The van der Waals surface area contributed by atoms with Crippen LogP contribution in [-0.2, 0) is 0 Å². The SMILES string of the molecule is NC1=NCC2(CCCC2)N1c1cccc(F)c1. The molecule has 90 valence electrons. The predicted molar refractivity (Wildman–Crippen MR) is 66.6 cm³/mol. The Bertz CT molecular complexity index is 463. The van der Waals surface area contributed by atoms with E-state index in [1.807, 2.05) is 11.0 Å². The molecule has 4 heteroatoms. The van der Waals surface area contributed by atoms with Crippen LogP contribution in [0.5, 0.6) is 0 Å². The van der Waals surface area contributed by atoms with Gasteiger partial charge in [0.05, 0.1) is 12.1 Å². The average molecular weight is 233 g/mol. The van der Waals surface area contributed by atoms with Crippen LogP contribution in [0.15, 0.2) is 29.3 Å². The van der Waals surface area contributed by atoms with Gasteiger partial charge in [0.15, 0.2) is 5.96 Å². The summed E-state index contributed by atoms with van der Waals surface area (Å²) >= 11 is 0. The zero-order valence-electron chi connectivity index (χ0n) is 9.69. The van der Waals surface area contributed by atoms with Crippen LogP contribution in [0.1, 0.15) is 25.7 Å². The lowest BCUT2D eigenvalue weighted by Crippen LogP contribution is -2.50. The van der Waals surface area contributed by atoms with Crippen molar-refractivity contribution in [3.63, 3.8) is 0 Å². The van der Waals surface area contributed by atoms with E-state index in [1.165, 1.54) is 25.0 Å². The fourth-order valence-electron chi connectivity index (χ4n) is 3.05. The van der Waals surface area contributed by atoms with Crippen LogP contribution in [0.3, 0.4) is 0 Å². The average Bonchev–Trinajstić information content (AvgIpc) is 2.88. The van der Waals surface area contributed by atoms with Gasteiger partial charge in [0.25, 0.3) is 0 Å². The highest BCUT2D eigenvalue weighted by atomic mass is 19.1. The molecule has 0 radical (unpaired) electrons. The van der Waals surface area contributed by atoms with Crippen molar-refractivity contribution in [1.29, 1.82) is 0 Å². The highest BCUT2D eigenvalue weighted by molar-refractivity contribution is 5.98. The van der Waals surface area contributed by atoms with Crippen molar-refractivity contribution in [3.8, 4) is 0 Å². The smallest absolute Gasteiger partial charge is 0.196 e. The topological polar surface area (TPSA) is 41.6 Å². The molecule has 0 amide bonds. The van der Waals surface area contributed by atoms with Crippen LogP contribution in [0.25, 0.3) is 0 Å². The molecule has 1 saturated carbocycles. The highest BCUT2D eigenvalue weighted by Crippen LogP contribution is 2.41. The second-order valence-corrected chi connectivity index (χ2v) is 4.92. The maximum absolute atomic E-state index is 13.3. The quantitative estimate of drug-likeness (QED) is 0.808. The maximum Gasteiger partial charge on any atom is 0.196 e. The first-order valence-electron chi connectivity index (χ1n) is 6.07. The maximum atomic E-state index is 13.3. The molecule has 1 spiro atoms. The molecule has 0 unspecified atom stereocenters. The molecule has 0 saturated heterocycles. The van der Waals surface area contributed by atoms with E-state index >= 15 is 0 Å². The van der Waals surface area contributed by atoms with E-state index in [0.29, 0.717) is 5.96 Å². The molecule has 1 heterocycles. The Labute approximate surface area is 100 Å². The van der Waals surface area contributed by atoms with Crippen LogP contribution >= 0.6 is 0 Å². The Hall–Kier alpha value is -1.58. The Kier molecular flexibility index (Phi) is 2.31. The molecular formula is C13H16FN3. The number of anilines is 1. The first-order chi connectivity index (χ1) is 8.21. The number of nitrogens with two attached hydrogens (primary N) is 1. The van der Waals surface area contributed by atoms with Gasteiger partial charge in [0.2, 0.25) is 0 Å². The molecule has 0 bridgehead atoms. The van der Waals surface area contributed by atoms with E-state index < -0.39 is 0 Å². The minimum absolute atomic E-state index is 0.0118. The van der Waals surface area contributed by atoms with Crippen LogP contribution in [0, 0.1) is 5.82 Å². The molecular weight excluding hydrogens is 217 g/mol. The van der Waals surface area contributed by atoms with Crippen LogP contribution in [0.4, 0.5) is 10.1 Å². The van der Waals surface area contributed by atoms with Gasteiger partial charge >= 0.3 is 0 Å². The summed E-state index contributed by atoms with van der Waals surface area (Å²) in [5.74, 6) is 0.299. The van der Waals surface area contributed by atoms with E-state index in [1.54, 1.807) is 6.07 Å². The Morgan fingerprint density at radius 1 is 1.29 bits per heavy atom. The summed E-state index contributed by atoms with van der Waals surface area (Å²) in [4.78, 5) is 6.39. The number of guanidine groups is 1. The molecule has 1 aliphatic heterocycles. The summed E-state index contributed by atoms with van der Waals surface area (Å²) in [5.41, 5.74) is 6.81. The van der Waals surface area contributed by atoms with E-state index in [0.717, 1.165) is 25.1 Å². The lowest BCUT2D eigenvalue weighted by molar-refractivity contribution is 0.471. The van der Waals surface area contributed by atoms with Crippen LogP contribution in [-0.4, -0.2) is 18.0 Å². The largest absolute Gasteiger partial charge is 0.369 e. The van der Waals surface area contributed by atoms with Crippen molar-refractivity contribution in [3.05, 3.63) is 30.1 Å². The van der Waals surface area contributed by atoms with E-state index in [9.17, 15) is 4.39 Å². The molecule has 0 aromatic heterocycles. The second kappa shape index (κ2) is 3.72. The summed E-state index contributed by atoms with van der Waals surface area (Å²) < 4.78 is 13.3. The molecule has 1 aromatic carbocycles. The van der Waals surface area contributed by atoms with Crippen molar-refractivity contribution in [2.45, 2.75) is 31.2 Å². The minimum Gasteiger partial charge on any atom is -0.369 e. The second-order valence-electron chi connectivity index (χ2n) is 4.92. The van der Waals surface area contributed by atoms with Gasteiger partial charge in [0, 0.05) is 5.69 Å². The zero-order chi connectivity index (χ0) is 11.9. The number of aliphatic imine (C=N–C) groups is 1. The van der Waals surface area contributed by atoms with Gasteiger partial charge in [-0.3, -0.25) is 4.99 Å². The summed E-state index contributed by atoms with van der Waals surface area (Å²) in [6, 6.07) is 6.61. The van der Waals surface area contributed by atoms with Crippen molar-refractivity contribution >= 4 is 11.6 Å². The Morgan fingerprint density at radius 2 is 2.06 bits per heavy atom. The first-order valence-corrected chi connectivity index (χ1v) is 6.07. The number of benzene rings is 1. The molecule has 3 rings (SSSR count). The number of hydrogen-bond donors (Lipinski definition) is 1. The normalized spacial score (nSPS) is 22.2. The van der Waals surface area contributed by atoms with Gasteiger partial charge in [-0.25, -0.2) is 4.39 Å². The highest BCUT2D eigenvalue weighted by Gasteiger charge is 2.45. The lowest BCUT2D eigenvalue weighted by atomic mass is 9.96. The lowest BCUT2D eigenvalue weighted by Gasteiger charge is -2.36. The van der Waals surface area contributed by atoms with E-state index in [4.69, 9.17) is 5.73 Å². The third-order valence-electron chi connectivity index (χ3n) is 3.84. The third-order valence-corrected chi connectivity index (χ3v) is 3.84. The predicted octanol–water partition coefficient (Wildman–Crippen LogP) is 2.27. The molecule has 3 nitrogen and oxygen atoms in total. The monoisotopic (exact) mass is 233 g/mol. The van der Waals surface area contributed by atoms with E-state index in [-0.39, 0.29) is 11.4 Å². The van der Waals surface area contributed by atoms with Gasteiger partial charge in [-0.2, -0.15) is 0 Å². The zero-order valence-corrected chi connectivity index (χ0v) is 9.69. The summed E-state index contributed by atoms with van der Waals surface area (Å²) in [7, 11) is 0. The standard InChI is InChI=1S/C13H16FN3/c14-10-4-3-5-11(8-10)17-12(15)16-9-13(17)6-1-2-7-13/h3-5,8H,1-2,6-7,9H2,(H2,15,16). The number of hydrogen-bond acceptors (Lipinski definition) is 3. The van der Waals surface area contributed by atoms with Gasteiger partial charge in [-0.1, -0.05) is 18.9 Å². The summed E-state index contributed by atoms with van der Waals surface area (Å²) in [5, 5.41) is 0. The minimum atomic E-state index is -0.227. The van der Waals surface area contributed by atoms with Crippen molar-refractivity contribution in [2.24, 2.45) is 10.7 Å². The van der Waals surface area contributed by atoms with Crippen molar-refractivity contribution < 1.29 is 4.39 Å². The van der Waals surface area contributed by atoms with Crippen molar-refractivity contribution in [1.82, 2.24) is 0 Å². The van der Waals surface area contributed by atoms with Gasteiger partial charge in [-0.15, -0.1) is 0 Å². The molecule has 1 fully saturated rings. The van der Waals surface area contributed by atoms with Crippen molar-refractivity contribution in [2.75, 3.05) is 11.4 Å². The Morgan fingerprint density at radius 3 is 2.76 bits per heavy atom. The van der Waals surface area contributed by atoms with Gasteiger partial charge in [-0.05, 0) is 31.0 Å². The summed E-state index contributed by atoms with van der Waals surface area (Å²) in [6.45, 7) is 0.745. The van der Waals surface area contributed by atoms with Gasteiger partial charge in [0.1, 0.15) is 5.82 Å². The third kappa shape index (κ3) is 1.59. The molecule has 1 aromatic rings. The molecule has 2 aliphatic rings. The fourth-order valence-corrected chi connectivity index (χ4v) is 3.05. The number of rotatable bonds is 1.